The molecule has 0 radical (unpaired) electrons. The minimum absolute atomic E-state index is 0.362. The van der Waals surface area contributed by atoms with Gasteiger partial charge in [-0.15, -0.1) is 11.6 Å². The van der Waals surface area contributed by atoms with Crippen molar-refractivity contribution in [1.29, 1.82) is 0 Å². The highest BCUT2D eigenvalue weighted by Gasteiger charge is 2.20. The average Bonchev–Trinajstić information content (AvgIpc) is 2.62. The third-order valence-electron chi connectivity index (χ3n) is 3.98. The predicted octanol–water partition coefficient (Wildman–Crippen LogP) is 4.01. The number of rotatable bonds is 6. The van der Waals surface area contributed by atoms with Gasteiger partial charge in [-0.2, -0.15) is 0 Å². The van der Waals surface area contributed by atoms with Crippen LogP contribution in [0.1, 0.15) is 16.4 Å². The molecule has 3 rings (SSSR count). The summed E-state index contributed by atoms with van der Waals surface area (Å²) in [7, 11) is 0. The van der Waals surface area contributed by atoms with Gasteiger partial charge >= 0.3 is 0 Å². The maximum Gasteiger partial charge on any atom is 0.121 e. The van der Waals surface area contributed by atoms with Crippen LogP contribution in [0.5, 0.6) is 5.75 Å². The topological polar surface area (TPSA) is 75.4 Å². The first-order valence-electron chi connectivity index (χ1n) is 7.75. The molecule has 2 atom stereocenters. The van der Waals surface area contributed by atoms with Crippen LogP contribution in [0.4, 0.5) is 5.69 Å². The number of ether oxygens (including phenoxy) is 1. The number of nitrogen functional groups attached to an aromatic ring is 1. The Bertz CT molecular complexity index is 911. The second kappa shape index (κ2) is 7.87. The fourth-order valence-corrected chi connectivity index (χ4v) is 3.80. The van der Waals surface area contributed by atoms with Crippen molar-refractivity contribution < 1.29 is 13.5 Å². The van der Waals surface area contributed by atoms with Crippen LogP contribution >= 0.6 is 11.6 Å². The summed E-state index contributed by atoms with van der Waals surface area (Å²) < 4.78 is 29.5. The molecule has 0 aliphatic heterocycles. The maximum absolute atomic E-state index is 12.0. The molecule has 2 unspecified atom stereocenters. The fraction of sp³-hybridized carbons (Fsp3) is 0.158. The summed E-state index contributed by atoms with van der Waals surface area (Å²) in [5.41, 5.74) is 7.73. The number of nitrogens with two attached hydrogens (primary N) is 1. The van der Waals surface area contributed by atoms with Gasteiger partial charge < -0.3 is 15.0 Å². The molecule has 0 spiro atoms. The maximum atomic E-state index is 12.0. The Kier molecular flexibility index (Phi) is 5.58. The van der Waals surface area contributed by atoms with Crippen molar-refractivity contribution in [3.05, 3.63) is 71.8 Å². The number of fused-ring (bicyclic) bond motifs is 1. The van der Waals surface area contributed by atoms with E-state index in [9.17, 15) is 8.76 Å². The van der Waals surface area contributed by atoms with Crippen LogP contribution in [0.2, 0.25) is 0 Å². The molecule has 25 heavy (non-hydrogen) atoms. The van der Waals surface area contributed by atoms with E-state index >= 15 is 0 Å². The number of hydrogen-bond donors (Lipinski definition) is 1. The lowest BCUT2D eigenvalue weighted by atomic mass is 9.97. The van der Waals surface area contributed by atoms with E-state index in [2.05, 4.69) is 0 Å². The lowest BCUT2D eigenvalue weighted by Gasteiger charge is -2.24. The number of alkyl halides is 1. The van der Waals surface area contributed by atoms with Crippen molar-refractivity contribution in [2.24, 2.45) is 0 Å². The Labute approximate surface area is 153 Å². The highest BCUT2D eigenvalue weighted by Crippen LogP contribution is 2.36. The zero-order valence-electron chi connectivity index (χ0n) is 13.4. The number of hydrogen-bond acceptors (Lipinski definition) is 4. The second-order valence-corrected chi connectivity index (χ2v) is 6.91. The van der Waals surface area contributed by atoms with E-state index in [1.54, 1.807) is 18.2 Å². The Morgan fingerprint density at radius 1 is 1.08 bits per heavy atom. The summed E-state index contributed by atoms with van der Waals surface area (Å²) in [6.45, 7) is 0.362. The molecule has 4 nitrogen and oxygen atoms in total. The molecule has 3 aromatic rings. The third kappa shape index (κ3) is 3.79. The highest BCUT2D eigenvalue weighted by molar-refractivity contribution is 7.79. The molecule has 0 aliphatic carbocycles. The SMILES string of the molecule is Nc1cc(OCCCl)ccc1C(c1cccc2ccccc12)S(=O)[O-]. The quantitative estimate of drug-likeness (QED) is 0.402. The van der Waals surface area contributed by atoms with E-state index in [-0.39, 0.29) is 0 Å². The molecule has 3 aromatic carbocycles. The number of anilines is 1. The van der Waals surface area contributed by atoms with Gasteiger partial charge in [-0.25, -0.2) is 0 Å². The number of halogens is 1. The molecule has 0 saturated carbocycles. The Morgan fingerprint density at radius 3 is 2.56 bits per heavy atom. The van der Waals surface area contributed by atoms with Crippen LogP contribution in [0.25, 0.3) is 10.8 Å². The molecule has 0 fully saturated rings. The molecular formula is C19H17ClNO3S-. The molecule has 2 N–H and O–H groups in total. The first kappa shape index (κ1) is 17.7. The lowest BCUT2D eigenvalue weighted by Crippen LogP contribution is -2.11. The largest absolute Gasteiger partial charge is 0.772 e. The normalized spacial score (nSPS) is 13.5. The predicted molar refractivity (Wildman–Crippen MR) is 102 cm³/mol. The summed E-state index contributed by atoms with van der Waals surface area (Å²) >= 11 is 3.24. The molecule has 0 amide bonds. The van der Waals surface area contributed by atoms with Gasteiger partial charge in [-0.3, -0.25) is 4.21 Å². The monoisotopic (exact) mass is 374 g/mol. The molecule has 0 heterocycles. The van der Waals surface area contributed by atoms with Crippen LogP contribution in [-0.2, 0) is 11.1 Å². The highest BCUT2D eigenvalue weighted by atomic mass is 35.5. The minimum atomic E-state index is -2.38. The van der Waals surface area contributed by atoms with Gasteiger partial charge in [0.15, 0.2) is 0 Å². The van der Waals surface area contributed by atoms with Crippen LogP contribution in [-0.4, -0.2) is 21.2 Å². The van der Waals surface area contributed by atoms with Gasteiger partial charge in [0, 0.05) is 11.8 Å². The van der Waals surface area contributed by atoms with Gasteiger partial charge in [0.05, 0.1) is 11.1 Å². The van der Waals surface area contributed by atoms with Crippen molar-refractivity contribution in [3.8, 4) is 5.75 Å². The summed E-state index contributed by atoms with van der Waals surface area (Å²) in [4.78, 5) is 0. The van der Waals surface area contributed by atoms with Crippen molar-refractivity contribution in [2.75, 3.05) is 18.2 Å². The molecule has 130 valence electrons. The van der Waals surface area contributed by atoms with Gasteiger partial charge in [-0.1, -0.05) is 48.5 Å². The lowest BCUT2D eigenvalue weighted by molar-refractivity contribution is 0.343. The second-order valence-electron chi connectivity index (χ2n) is 5.54. The zero-order valence-corrected chi connectivity index (χ0v) is 14.9. The van der Waals surface area contributed by atoms with Crippen LogP contribution in [0.15, 0.2) is 60.7 Å². The van der Waals surface area contributed by atoms with E-state index in [0.29, 0.717) is 35.1 Å². The van der Waals surface area contributed by atoms with Gasteiger partial charge in [-0.05, 0) is 39.0 Å². The van der Waals surface area contributed by atoms with Crippen LogP contribution < -0.4 is 10.5 Å². The molecule has 0 saturated heterocycles. The first-order valence-corrected chi connectivity index (χ1v) is 9.43. The number of benzene rings is 3. The summed E-state index contributed by atoms with van der Waals surface area (Å²) in [5.74, 6) is 0.931. The molecular weight excluding hydrogens is 358 g/mol. The zero-order chi connectivity index (χ0) is 17.8. The molecule has 0 aromatic heterocycles. The Morgan fingerprint density at radius 2 is 1.84 bits per heavy atom. The van der Waals surface area contributed by atoms with E-state index < -0.39 is 16.3 Å². The third-order valence-corrected chi connectivity index (χ3v) is 5.03. The first-order chi connectivity index (χ1) is 12.1. The van der Waals surface area contributed by atoms with Gasteiger partial charge in [0.1, 0.15) is 12.4 Å². The Hall–Kier alpha value is -2.08. The summed E-state index contributed by atoms with van der Waals surface area (Å²) in [5, 5.41) is 1.02. The van der Waals surface area contributed by atoms with Crippen molar-refractivity contribution in [2.45, 2.75) is 5.25 Å². The molecule has 6 heteroatoms. The summed E-state index contributed by atoms with van der Waals surface area (Å²) in [6.07, 6.45) is 0. The van der Waals surface area contributed by atoms with E-state index in [1.807, 2.05) is 42.5 Å². The van der Waals surface area contributed by atoms with Gasteiger partial charge in [0.2, 0.25) is 0 Å². The van der Waals surface area contributed by atoms with E-state index in [0.717, 1.165) is 10.8 Å². The summed E-state index contributed by atoms with van der Waals surface area (Å²) in [6, 6.07) is 18.4. The smallest absolute Gasteiger partial charge is 0.121 e. The van der Waals surface area contributed by atoms with Crippen molar-refractivity contribution in [3.63, 3.8) is 0 Å². The molecule has 0 aliphatic rings. The minimum Gasteiger partial charge on any atom is -0.772 e. The van der Waals surface area contributed by atoms with Gasteiger partial charge in [0.25, 0.3) is 0 Å². The van der Waals surface area contributed by atoms with E-state index in [1.165, 1.54) is 0 Å². The fourth-order valence-electron chi connectivity index (χ4n) is 2.89. The van der Waals surface area contributed by atoms with E-state index in [4.69, 9.17) is 22.1 Å². The van der Waals surface area contributed by atoms with Crippen molar-refractivity contribution >= 4 is 39.1 Å². The molecule has 0 bridgehead atoms. The van der Waals surface area contributed by atoms with Crippen molar-refractivity contribution in [1.82, 2.24) is 0 Å². The Balaban J connectivity index is 2.09. The standard InChI is InChI=1S/C19H18ClNO3S/c20-10-11-24-14-8-9-17(18(21)12-14)19(25(22)23)16-7-3-5-13-4-1-2-6-15(13)16/h1-9,12,19H,10-11,21H2,(H,22,23)/p-1. The van der Waals surface area contributed by atoms with Crippen LogP contribution in [0, 0.1) is 0 Å². The average molecular weight is 375 g/mol. The van der Waals surface area contributed by atoms with Crippen LogP contribution in [0.3, 0.4) is 0 Å².